The van der Waals surface area contributed by atoms with Crippen LogP contribution < -0.4 is 0 Å². The zero-order chi connectivity index (χ0) is 11.0. The highest BCUT2D eigenvalue weighted by atomic mass is 35.5. The van der Waals surface area contributed by atoms with Crippen molar-refractivity contribution in [3.8, 4) is 0 Å². The molecular formula is C10H10ClNOS2. The van der Waals surface area contributed by atoms with Crippen LogP contribution in [0.3, 0.4) is 0 Å². The minimum absolute atomic E-state index is 0.623. The summed E-state index contributed by atoms with van der Waals surface area (Å²) in [5, 5.41) is 13.6. The summed E-state index contributed by atoms with van der Waals surface area (Å²) in [5.41, 5.74) is 0.884. The molecule has 15 heavy (non-hydrogen) atoms. The van der Waals surface area contributed by atoms with Gasteiger partial charge in [-0.25, -0.2) is 4.98 Å². The highest BCUT2D eigenvalue weighted by molar-refractivity contribution is 7.13. The number of aromatic nitrogens is 1. The smallest absolute Gasteiger partial charge is 0.126 e. The van der Waals surface area contributed by atoms with Gasteiger partial charge in [-0.15, -0.1) is 22.7 Å². The normalized spacial score (nSPS) is 13.1. The first-order valence-corrected chi connectivity index (χ1v) is 6.52. The first kappa shape index (κ1) is 11.1. The van der Waals surface area contributed by atoms with Gasteiger partial charge in [-0.05, 0) is 25.3 Å². The van der Waals surface area contributed by atoms with Crippen LogP contribution in [-0.4, -0.2) is 10.1 Å². The van der Waals surface area contributed by atoms with Crippen LogP contribution in [-0.2, 0) is 0 Å². The number of hydrogen-bond donors (Lipinski definition) is 1. The summed E-state index contributed by atoms with van der Waals surface area (Å²) in [4.78, 5) is 5.97. The number of hydrogen-bond acceptors (Lipinski definition) is 4. The molecule has 80 valence electrons. The van der Waals surface area contributed by atoms with E-state index in [0.717, 1.165) is 20.5 Å². The Morgan fingerprint density at radius 2 is 2.13 bits per heavy atom. The van der Waals surface area contributed by atoms with Crippen LogP contribution in [0.4, 0.5) is 0 Å². The molecule has 0 saturated carbocycles. The SMILES string of the molecule is Cc1nc(C)c(C(O)c2sccc2Cl)s1. The molecule has 0 fully saturated rings. The van der Waals surface area contributed by atoms with Crippen molar-refractivity contribution in [2.45, 2.75) is 20.0 Å². The second-order valence-electron chi connectivity index (χ2n) is 3.22. The maximum Gasteiger partial charge on any atom is 0.126 e. The molecule has 0 aromatic carbocycles. The molecule has 2 nitrogen and oxygen atoms in total. The number of thiophene rings is 1. The fourth-order valence-corrected chi connectivity index (χ4v) is 3.57. The van der Waals surface area contributed by atoms with E-state index < -0.39 is 6.10 Å². The van der Waals surface area contributed by atoms with Gasteiger partial charge in [0.2, 0.25) is 0 Å². The quantitative estimate of drug-likeness (QED) is 0.895. The van der Waals surface area contributed by atoms with Gasteiger partial charge in [-0.2, -0.15) is 0 Å². The van der Waals surface area contributed by atoms with E-state index in [0.29, 0.717) is 5.02 Å². The van der Waals surface area contributed by atoms with Crippen LogP contribution in [0, 0.1) is 13.8 Å². The summed E-state index contributed by atoms with van der Waals surface area (Å²) in [7, 11) is 0. The van der Waals surface area contributed by atoms with Gasteiger partial charge in [-0.1, -0.05) is 11.6 Å². The van der Waals surface area contributed by atoms with E-state index in [9.17, 15) is 5.11 Å². The van der Waals surface area contributed by atoms with Crippen molar-refractivity contribution in [1.29, 1.82) is 0 Å². The van der Waals surface area contributed by atoms with Gasteiger partial charge >= 0.3 is 0 Å². The van der Waals surface area contributed by atoms with Crippen LogP contribution >= 0.6 is 34.3 Å². The summed E-state index contributed by atoms with van der Waals surface area (Å²) >= 11 is 8.96. The van der Waals surface area contributed by atoms with E-state index in [-0.39, 0.29) is 0 Å². The highest BCUT2D eigenvalue weighted by Crippen LogP contribution is 2.36. The predicted octanol–water partition coefficient (Wildman–Crippen LogP) is 3.56. The average Bonchev–Trinajstić information content (AvgIpc) is 2.71. The monoisotopic (exact) mass is 259 g/mol. The molecule has 0 aliphatic carbocycles. The zero-order valence-electron chi connectivity index (χ0n) is 8.32. The fraction of sp³-hybridized carbons (Fsp3) is 0.300. The third-order valence-electron chi connectivity index (χ3n) is 2.08. The van der Waals surface area contributed by atoms with Crippen molar-refractivity contribution < 1.29 is 5.11 Å². The number of aryl methyl sites for hydroxylation is 2. The Morgan fingerprint density at radius 3 is 2.60 bits per heavy atom. The lowest BCUT2D eigenvalue weighted by Crippen LogP contribution is -1.96. The van der Waals surface area contributed by atoms with E-state index in [1.165, 1.54) is 22.7 Å². The molecule has 0 bridgehead atoms. The van der Waals surface area contributed by atoms with Gasteiger partial charge in [0.15, 0.2) is 0 Å². The van der Waals surface area contributed by atoms with Crippen LogP contribution in [0.25, 0.3) is 0 Å². The van der Waals surface area contributed by atoms with E-state index in [1.807, 2.05) is 19.2 Å². The van der Waals surface area contributed by atoms with Crippen molar-refractivity contribution in [3.05, 3.63) is 36.9 Å². The number of halogens is 1. The summed E-state index contributed by atoms with van der Waals surface area (Å²) in [6.45, 7) is 3.84. The molecule has 0 spiro atoms. The van der Waals surface area contributed by atoms with Gasteiger partial charge < -0.3 is 5.11 Å². The third kappa shape index (κ3) is 2.08. The topological polar surface area (TPSA) is 33.1 Å². The summed E-state index contributed by atoms with van der Waals surface area (Å²) in [5.74, 6) is 0. The minimum atomic E-state index is -0.635. The van der Waals surface area contributed by atoms with E-state index >= 15 is 0 Å². The van der Waals surface area contributed by atoms with Crippen molar-refractivity contribution in [2.24, 2.45) is 0 Å². The van der Waals surface area contributed by atoms with Gasteiger partial charge in [0.1, 0.15) is 6.10 Å². The fourth-order valence-electron chi connectivity index (χ4n) is 1.42. The third-order valence-corrected chi connectivity index (χ3v) is 4.62. The second-order valence-corrected chi connectivity index (χ2v) is 5.81. The maximum atomic E-state index is 10.2. The highest BCUT2D eigenvalue weighted by Gasteiger charge is 2.20. The van der Waals surface area contributed by atoms with Crippen LogP contribution in [0.2, 0.25) is 5.02 Å². The molecule has 1 N–H and O–H groups in total. The molecule has 0 radical (unpaired) electrons. The number of thiazole rings is 1. The summed E-state index contributed by atoms with van der Waals surface area (Å²) in [6.07, 6.45) is -0.635. The number of aliphatic hydroxyl groups excluding tert-OH is 1. The Hall–Kier alpha value is -0.420. The lowest BCUT2D eigenvalue weighted by Gasteiger charge is -2.07. The molecule has 2 heterocycles. The summed E-state index contributed by atoms with van der Waals surface area (Å²) < 4.78 is 0. The molecule has 0 aliphatic rings. The largest absolute Gasteiger partial charge is 0.382 e. The molecule has 0 saturated heterocycles. The Kier molecular flexibility index (Phi) is 3.11. The van der Waals surface area contributed by atoms with Crippen LogP contribution in [0.1, 0.15) is 26.6 Å². The van der Waals surface area contributed by atoms with Gasteiger partial charge in [0.25, 0.3) is 0 Å². The van der Waals surface area contributed by atoms with Gasteiger partial charge in [-0.3, -0.25) is 0 Å². The standard InChI is InChI=1S/C10H10ClNOS2/c1-5-9(15-6(2)12-5)8(13)10-7(11)3-4-14-10/h3-4,8,13H,1-2H3. The van der Waals surface area contributed by atoms with Crippen molar-refractivity contribution >= 4 is 34.3 Å². The van der Waals surface area contributed by atoms with E-state index in [2.05, 4.69) is 4.98 Å². The predicted molar refractivity (Wildman–Crippen MR) is 65.0 cm³/mol. The molecule has 0 amide bonds. The molecular weight excluding hydrogens is 250 g/mol. The summed E-state index contributed by atoms with van der Waals surface area (Å²) in [6, 6.07) is 1.80. The lowest BCUT2D eigenvalue weighted by molar-refractivity contribution is 0.227. The van der Waals surface area contributed by atoms with Crippen molar-refractivity contribution in [2.75, 3.05) is 0 Å². The Balaban J connectivity index is 2.40. The Bertz CT molecular complexity index is 477. The molecule has 1 unspecified atom stereocenters. The molecule has 2 rings (SSSR count). The Labute approximate surface area is 101 Å². The zero-order valence-corrected chi connectivity index (χ0v) is 10.7. The number of nitrogens with zero attached hydrogens (tertiary/aromatic N) is 1. The number of aliphatic hydroxyl groups is 1. The van der Waals surface area contributed by atoms with E-state index in [1.54, 1.807) is 6.07 Å². The van der Waals surface area contributed by atoms with Crippen molar-refractivity contribution in [1.82, 2.24) is 4.98 Å². The van der Waals surface area contributed by atoms with Crippen LogP contribution in [0.15, 0.2) is 11.4 Å². The van der Waals surface area contributed by atoms with E-state index in [4.69, 9.17) is 11.6 Å². The van der Waals surface area contributed by atoms with Gasteiger partial charge in [0.05, 0.1) is 25.5 Å². The first-order valence-electron chi connectivity index (χ1n) is 4.44. The molecule has 5 heteroatoms. The van der Waals surface area contributed by atoms with Gasteiger partial charge in [0, 0.05) is 0 Å². The number of rotatable bonds is 2. The average molecular weight is 260 g/mol. The Morgan fingerprint density at radius 1 is 1.40 bits per heavy atom. The maximum absolute atomic E-state index is 10.2. The molecule has 0 aliphatic heterocycles. The second kappa shape index (κ2) is 4.22. The molecule has 2 aromatic heterocycles. The lowest BCUT2D eigenvalue weighted by atomic mass is 10.2. The molecule has 2 aromatic rings. The first-order chi connectivity index (χ1) is 7.09. The molecule has 1 atom stereocenters. The van der Waals surface area contributed by atoms with Crippen LogP contribution in [0.5, 0.6) is 0 Å². The minimum Gasteiger partial charge on any atom is -0.382 e. The van der Waals surface area contributed by atoms with Crippen molar-refractivity contribution in [3.63, 3.8) is 0 Å².